The number of benzene rings is 2. The molecule has 1 amide bonds. The summed E-state index contributed by atoms with van der Waals surface area (Å²) in [6.07, 6.45) is 1.04. The average molecular weight is 394 g/mol. The van der Waals surface area contributed by atoms with Gasteiger partial charge >= 0.3 is 0 Å². The van der Waals surface area contributed by atoms with E-state index in [4.69, 9.17) is 4.74 Å². The quantitative estimate of drug-likeness (QED) is 0.783. The van der Waals surface area contributed by atoms with Gasteiger partial charge in [-0.2, -0.15) is 0 Å². The Balaban J connectivity index is 2.27. The van der Waals surface area contributed by atoms with Crippen LogP contribution in [0.5, 0.6) is 5.75 Å². The number of nitrogens with one attached hydrogen (secondary N) is 1. The number of carbonyl (C=O) groups excluding carboxylic acids is 1. The van der Waals surface area contributed by atoms with E-state index in [1.54, 1.807) is 30.3 Å². The Morgan fingerprint density at radius 2 is 1.85 bits per heavy atom. The SMILES string of the molecule is COc1ccc(C)cc1N(C(C)C(=O)NCc1ccc(F)cc1)S(C)(=O)=O. The fraction of sp³-hybridized carbons (Fsp3) is 0.316. The van der Waals surface area contributed by atoms with Crippen LogP contribution in [0, 0.1) is 12.7 Å². The van der Waals surface area contributed by atoms with E-state index in [0.29, 0.717) is 17.0 Å². The Bertz CT molecular complexity index is 914. The monoisotopic (exact) mass is 394 g/mol. The molecule has 1 N–H and O–H groups in total. The molecule has 0 heterocycles. The molecule has 146 valence electrons. The molecule has 6 nitrogen and oxygen atoms in total. The standard InChI is InChI=1S/C19H23FN2O4S/c1-13-5-10-18(26-3)17(11-13)22(27(4,24)25)14(2)19(23)21-12-15-6-8-16(20)9-7-15/h5-11,14H,12H2,1-4H3,(H,21,23). The lowest BCUT2D eigenvalue weighted by molar-refractivity contribution is -0.122. The molecule has 1 atom stereocenters. The van der Waals surface area contributed by atoms with E-state index in [1.165, 1.54) is 26.2 Å². The van der Waals surface area contributed by atoms with E-state index in [1.807, 2.05) is 6.92 Å². The molecule has 2 aromatic carbocycles. The van der Waals surface area contributed by atoms with E-state index >= 15 is 0 Å². The number of carbonyl (C=O) groups is 1. The molecule has 1 unspecified atom stereocenters. The van der Waals surface area contributed by atoms with Gasteiger partial charge in [-0.3, -0.25) is 9.10 Å². The first-order valence-electron chi connectivity index (χ1n) is 8.29. The van der Waals surface area contributed by atoms with Crippen LogP contribution in [0.4, 0.5) is 10.1 Å². The zero-order valence-corrected chi connectivity index (χ0v) is 16.5. The number of amides is 1. The lowest BCUT2D eigenvalue weighted by Crippen LogP contribution is -2.47. The molecular weight excluding hydrogens is 371 g/mol. The van der Waals surface area contributed by atoms with Crippen molar-refractivity contribution in [3.63, 3.8) is 0 Å². The highest BCUT2D eigenvalue weighted by molar-refractivity contribution is 7.92. The zero-order valence-electron chi connectivity index (χ0n) is 15.7. The number of sulfonamides is 1. The fourth-order valence-electron chi connectivity index (χ4n) is 2.69. The Morgan fingerprint density at radius 3 is 2.41 bits per heavy atom. The first-order chi connectivity index (χ1) is 12.6. The third-order valence-corrected chi connectivity index (χ3v) is 5.27. The van der Waals surface area contributed by atoms with Gasteiger partial charge in [-0.05, 0) is 49.2 Å². The first kappa shape index (κ1) is 20.7. The van der Waals surface area contributed by atoms with E-state index in [0.717, 1.165) is 16.1 Å². The van der Waals surface area contributed by atoms with Gasteiger partial charge in [-0.1, -0.05) is 18.2 Å². The van der Waals surface area contributed by atoms with Crippen LogP contribution < -0.4 is 14.4 Å². The molecule has 0 aliphatic heterocycles. The van der Waals surface area contributed by atoms with Crippen LogP contribution in [-0.2, 0) is 21.4 Å². The van der Waals surface area contributed by atoms with Crippen molar-refractivity contribution in [1.29, 1.82) is 0 Å². The normalized spacial score (nSPS) is 12.3. The van der Waals surface area contributed by atoms with Crippen molar-refractivity contribution in [2.45, 2.75) is 26.4 Å². The van der Waals surface area contributed by atoms with Crippen molar-refractivity contribution < 1.29 is 22.3 Å². The molecule has 0 bridgehead atoms. The van der Waals surface area contributed by atoms with Gasteiger partial charge in [0.25, 0.3) is 0 Å². The van der Waals surface area contributed by atoms with Crippen LogP contribution in [0.15, 0.2) is 42.5 Å². The second kappa shape index (κ2) is 8.39. The summed E-state index contributed by atoms with van der Waals surface area (Å²) in [4.78, 5) is 12.6. The molecule has 27 heavy (non-hydrogen) atoms. The molecule has 0 aromatic heterocycles. The first-order valence-corrected chi connectivity index (χ1v) is 10.1. The molecule has 0 aliphatic carbocycles. The van der Waals surface area contributed by atoms with E-state index in [-0.39, 0.29) is 12.4 Å². The molecule has 0 radical (unpaired) electrons. The summed E-state index contributed by atoms with van der Waals surface area (Å²) >= 11 is 0. The van der Waals surface area contributed by atoms with Gasteiger partial charge in [-0.25, -0.2) is 12.8 Å². The lowest BCUT2D eigenvalue weighted by Gasteiger charge is -2.29. The smallest absolute Gasteiger partial charge is 0.243 e. The predicted octanol–water partition coefficient (Wildman–Crippen LogP) is 2.61. The minimum Gasteiger partial charge on any atom is -0.495 e. The topological polar surface area (TPSA) is 75.7 Å². The van der Waals surface area contributed by atoms with Crippen molar-refractivity contribution in [2.75, 3.05) is 17.7 Å². The highest BCUT2D eigenvalue weighted by Gasteiger charge is 2.31. The van der Waals surface area contributed by atoms with Gasteiger partial charge in [0.15, 0.2) is 0 Å². The second-order valence-electron chi connectivity index (χ2n) is 6.25. The molecule has 2 aromatic rings. The van der Waals surface area contributed by atoms with Crippen LogP contribution in [0.3, 0.4) is 0 Å². The van der Waals surface area contributed by atoms with Crippen LogP contribution in [-0.4, -0.2) is 33.7 Å². The molecule has 0 fully saturated rings. The van der Waals surface area contributed by atoms with Crippen molar-refractivity contribution in [2.24, 2.45) is 0 Å². The second-order valence-corrected chi connectivity index (χ2v) is 8.11. The molecule has 0 saturated carbocycles. The van der Waals surface area contributed by atoms with Gasteiger partial charge in [0, 0.05) is 6.54 Å². The Hall–Kier alpha value is -2.61. The summed E-state index contributed by atoms with van der Waals surface area (Å²) in [5, 5.41) is 2.68. The summed E-state index contributed by atoms with van der Waals surface area (Å²) in [7, 11) is -2.32. The minimum atomic E-state index is -3.76. The Labute approximate surface area is 159 Å². The number of anilines is 1. The van der Waals surface area contributed by atoms with Gasteiger partial charge in [0.05, 0.1) is 19.1 Å². The van der Waals surface area contributed by atoms with Gasteiger partial charge in [0.2, 0.25) is 15.9 Å². The van der Waals surface area contributed by atoms with Crippen molar-refractivity contribution in [3.8, 4) is 5.75 Å². The minimum absolute atomic E-state index is 0.159. The summed E-state index contributed by atoms with van der Waals surface area (Å²) in [5.41, 5.74) is 1.83. The van der Waals surface area contributed by atoms with Crippen LogP contribution >= 0.6 is 0 Å². The number of methoxy groups -OCH3 is 1. The van der Waals surface area contributed by atoms with Gasteiger partial charge in [0.1, 0.15) is 17.6 Å². The van der Waals surface area contributed by atoms with Gasteiger partial charge < -0.3 is 10.1 Å². The highest BCUT2D eigenvalue weighted by Crippen LogP contribution is 2.32. The fourth-order valence-corrected chi connectivity index (χ4v) is 3.86. The number of aryl methyl sites for hydroxylation is 1. The third kappa shape index (κ3) is 5.19. The largest absolute Gasteiger partial charge is 0.495 e. The van der Waals surface area contributed by atoms with E-state index in [2.05, 4.69) is 5.32 Å². The predicted molar refractivity (Wildman–Crippen MR) is 103 cm³/mol. The number of hydrogen-bond acceptors (Lipinski definition) is 4. The van der Waals surface area contributed by atoms with Crippen LogP contribution in [0.1, 0.15) is 18.1 Å². The number of nitrogens with zero attached hydrogens (tertiary/aromatic N) is 1. The number of ether oxygens (including phenoxy) is 1. The number of rotatable bonds is 7. The summed E-state index contributed by atoms with van der Waals surface area (Å²) < 4.78 is 44.1. The van der Waals surface area contributed by atoms with Crippen molar-refractivity contribution in [3.05, 3.63) is 59.4 Å². The molecular formula is C19H23FN2O4S. The molecule has 2 rings (SSSR count). The zero-order chi connectivity index (χ0) is 20.2. The maximum Gasteiger partial charge on any atom is 0.243 e. The summed E-state index contributed by atoms with van der Waals surface area (Å²) in [6.45, 7) is 3.48. The maximum absolute atomic E-state index is 13.0. The highest BCUT2D eigenvalue weighted by atomic mass is 32.2. The average Bonchev–Trinajstić information content (AvgIpc) is 2.60. The number of halogens is 1. The summed E-state index contributed by atoms with van der Waals surface area (Å²) in [5.74, 6) is -0.495. The summed E-state index contributed by atoms with van der Waals surface area (Å²) in [6, 6.07) is 9.81. The Kier molecular flexibility index (Phi) is 6.43. The molecule has 0 saturated heterocycles. The van der Waals surface area contributed by atoms with Gasteiger partial charge in [-0.15, -0.1) is 0 Å². The van der Waals surface area contributed by atoms with Crippen molar-refractivity contribution in [1.82, 2.24) is 5.32 Å². The molecule has 0 spiro atoms. The van der Waals surface area contributed by atoms with Crippen LogP contribution in [0.25, 0.3) is 0 Å². The van der Waals surface area contributed by atoms with E-state index < -0.39 is 22.0 Å². The third-order valence-electron chi connectivity index (χ3n) is 4.04. The lowest BCUT2D eigenvalue weighted by atomic mass is 10.1. The number of hydrogen-bond donors (Lipinski definition) is 1. The van der Waals surface area contributed by atoms with E-state index in [9.17, 15) is 17.6 Å². The van der Waals surface area contributed by atoms with Crippen molar-refractivity contribution >= 4 is 21.6 Å². The van der Waals surface area contributed by atoms with Crippen LogP contribution in [0.2, 0.25) is 0 Å². The Morgan fingerprint density at radius 1 is 1.22 bits per heavy atom. The molecule has 8 heteroatoms. The molecule has 0 aliphatic rings. The maximum atomic E-state index is 13.0.